The van der Waals surface area contributed by atoms with Crippen molar-refractivity contribution in [1.29, 1.82) is 0 Å². The maximum absolute atomic E-state index is 12.2. The van der Waals surface area contributed by atoms with Gasteiger partial charge in [-0.3, -0.25) is 9.59 Å². The average Bonchev–Trinajstić information content (AvgIpc) is 2.82. The molecule has 4 aliphatic rings. The summed E-state index contributed by atoms with van der Waals surface area (Å²) in [6.45, 7) is 4.49. The molecular formula is C28H48O2S2. The zero-order valence-electron chi connectivity index (χ0n) is 20.9. The normalized spacial score (nSPS) is 30.3. The van der Waals surface area contributed by atoms with E-state index in [9.17, 15) is 9.59 Å². The lowest BCUT2D eigenvalue weighted by molar-refractivity contribution is -0.126. The van der Waals surface area contributed by atoms with Crippen molar-refractivity contribution in [3.63, 3.8) is 0 Å². The summed E-state index contributed by atoms with van der Waals surface area (Å²) in [5, 5.41) is 0. The van der Waals surface area contributed by atoms with Gasteiger partial charge in [0, 0.05) is 34.2 Å². The van der Waals surface area contributed by atoms with Crippen LogP contribution in [0.4, 0.5) is 0 Å². The molecule has 0 aromatic carbocycles. The maximum Gasteiger partial charge on any atom is 0.137 e. The van der Waals surface area contributed by atoms with Crippen molar-refractivity contribution < 1.29 is 9.59 Å². The van der Waals surface area contributed by atoms with E-state index >= 15 is 0 Å². The first-order chi connectivity index (χ1) is 15.6. The quantitative estimate of drug-likeness (QED) is 0.382. The van der Waals surface area contributed by atoms with Crippen LogP contribution in [0.25, 0.3) is 0 Å². The third-order valence-corrected chi connectivity index (χ3v) is 11.8. The van der Waals surface area contributed by atoms with Crippen LogP contribution in [0.2, 0.25) is 0 Å². The molecule has 0 heterocycles. The molecule has 184 valence electrons. The fourth-order valence-corrected chi connectivity index (χ4v) is 10.3. The summed E-state index contributed by atoms with van der Waals surface area (Å²) in [4.78, 5) is 24.3. The molecule has 4 fully saturated rings. The molecule has 0 N–H and O–H groups in total. The zero-order valence-corrected chi connectivity index (χ0v) is 22.6. The third kappa shape index (κ3) is 6.58. The van der Waals surface area contributed by atoms with Gasteiger partial charge in [0.25, 0.3) is 0 Å². The van der Waals surface area contributed by atoms with Gasteiger partial charge in [-0.1, -0.05) is 65.2 Å². The second kappa shape index (κ2) is 13.2. The highest BCUT2D eigenvalue weighted by atomic mass is 32.2. The Kier molecular flexibility index (Phi) is 11.0. The van der Waals surface area contributed by atoms with Crippen LogP contribution in [0.5, 0.6) is 0 Å². The van der Waals surface area contributed by atoms with Crippen LogP contribution < -0.4 is 0 Å². The van der Waals surface area contributed by atoms with Crippen LogP contribution in [0.3, 0.4) is 0 Å². The smallest absolute Gasteiger partial charge is 0.137 e. The molecule has 0 unspecified atom stereocenters. The number of Topliss-reactive ketones (excluding diaryl/α,β-unsaturated/α-hetero) is 2. The summed E-state index contributed by atoms with van der Waals surface area (Å²) in [5.41, 5.74) is 0. The fraction of sp³-hybridized carbons (Fsp3) is 0.929. The lowest BCUT2D eigenvalue weighted by atomic mass is 9.72. The Morgan fingerprint density at radius 1 is 0.594 bits per heavy atom. The van der Waals surface area contributed by atoms with Crippen LogP contribution in [-0.4, -0.2) is 32.6 Å². The Hall–Kier alpha value is 0.0400. The Bertz CT molecular complexity index is 527. The molecule has 0 spiro atoms. The molecule has 0 aliphatic heterocycles. The summed E-state index contributed by atoms with van der Waals surface area (Å²) in [6, 6.07) is 0. The van der Waals surface area contributed by atoms with Crippen molar-refractivity contribution in [3.8, 4) is 0 Å². The second-order valence-corrected chi connectivity index (χ2v) is 14.0. The molecule has 4 aliphatic carbocycles. The fourth-order valence-electron chi connectivity index (χ4n) is 7.14. The predicted molar refractivity (Wildman–Crippen MR) is 142 cm³/mol. The zero-order chi connectivity index (χ0) is 22.9. The van der Waals surface area contributed by atoms with Crippen LogP contribution >= 0.6 is 23.5 Å². The van der Waals surface area contributed by atoms with E-state index in [0.717, 1.165) is 25.7 Å². The topological polar surface area (TPSA) is 34.1 Å². The van der Waals surface area contributed by atoms with Crippen molar-refractivity contribution in [3.05, 3.63) is 0 Å². The van der Waals surface area contributed by atoms with Gasteiger partial charge in [0.2, 0.25) is 0 Å². The van der Waals surface area contributed by atoms with Gasteiger partial charge in [0.1, 0.15) is 11.6 Å². The highest BCUT2D eigenvalue weighted by Crippen LogP contribution is 2.50. The van der Waals surface area contributed by atoms with Gasteiger partial charge in [0.15, 0.2) is 0 Å². The Morgan fingerprint density at radius 3 is 1.28 bits per heavy atom. The molecule has 2 nitrogen and oxygen atoms in total. The van der Waals surface area contributed by atoms with Crippen LogP contribution in [-0.2, 0) is 9.59 Å². The standard InChI is InChI=1S/2C14H24OS/c2*1-2-16-14(10-6-3-7-11-14)12-8-4-5-9-13(12)15/h2*12H,2-11H2,1H3/t2*12-/m10/s1. The van der Waals surface area contributed by atoms with E-state index in [-0.39, 0.29) is 0 Å². The summed E-state index contributed by atoms with van der Waals surface area (Å²) < 4.78 is 0.676. The molecule has 4 saturated carbocycles. The van der Waals surface area contributed by atoms with Crippen LogP contribution in [0.15, 0.2) is 0 Å². The molecule has 4 rings (SSSR count). The van der Waals surface area contributed by atoms with Gasteiger partial charge in [-0.05, 0) is 62.9 Å². The first-order valence-corrected chi connectivity index (χ1v) is 15.9. The van der Waals surface area contributed by atoms with Crippen molar-refractivity contribution >= 4 is 35.1 Å². The van der Waals surface area contributed by atoms with Gasteiger partial charge in [-0.2, -0.15) is 23.5 Å². The van der Waals surface area contributed by atoms with E-state index in [1.807, 2.05) is 0 Å². The second-order valence-electron chi connectivity index (χ2n) is 10.6. The summed E-state index contributed by atoms with van der Waals surface area (Å²) in [7, 11) is 0. The number of ketones is 2. The molecule has 0 aromatic rings. The minimum atomic E-state index is 0.338. The molecule has 4 heteroatoms. The van der Waals surface area contributed by atoms with E-state index in [2.05, 4.69) is 37.4 Å². The molecule has 2 atom stereocenters. The summed E-state index contributed by atoms with van der Waals surface area (Å²) >= 11 is 4.18. The molecule has 0 bridgehead atoms. The number of carbonyl (C=O) groups excluding carboxylic acids is 2. The number of carbonyl (C=O) groups is 2. The molecule has 32 heavy (non-hydrogen) atoms. The molecule has 0 aromatic heterocycles. The maximum atomic E-state index is 12.2. The van der Waals surface area contributed by atoms with Gasteiger partial charge < -0.3 is 0 Å². The minimum Gasteiger partial charge on any atom is -0.299 e. The van der Waals surface area contributed by atoms with Crippen molar-refractivity contribution in [1.82, 2.24) is 0 Å². The summed E-state index contributed by atoms with van der Waals surface area (Å²) in [6.07, 6.45) is 22.2. The first-order valence-electron chi connectivity index (χ1n) is 13.9. The largest absolute Gasteiger partial charge is 0.299 e. The number of thioether (sulfide) groups is 2. The van der Waals surface area contributed by atoms with Crippen molar-refractivity contribution in [2.45, 2.75) is 139 Å². The lowest BCUT2D eigenvalue weighted by Crippen LogP contribution is -2.42. The molecule has 0 radical (unpaired) electrons. The predicted octanol–water partition coefficient (Wildman–Crippen LogP) is 8.40. The van der Waals surface area contributed by atoms with E-state index < -0.39 is 0 Å². The molecular weight excluding hydrogens is 432 g/mol. The van der Waals surface area contributed by atoms with Gasteiger partial charge in [-0.25, -0.2) is 0 Å². The van der Waals surface area contributed by atoms with Crippen LogP contribution in [0, 0.1) is 11.8 Å². The number of hydrogen-bond acceptors (Lipinski definition) is 4. The van der Waals surface area contributed by atoms with Gasteiger partial charge in [0.05, 0.1) is 0 Å². The summed E-state index contributed by atoms with van der Waals surface area (Å²) in [5.74, 6) is 4.29. The van der Waals surface area contributed by atoms with Crippen molar-refractivity contribution in [2.24, 2.45) is 11.8 Å². The molecule has 0 saturated heterocycles. The van der Waals surface area contributed by atoms with E-state index in [0.29, 0.717) is 32.9 Å². The van der Waals surface area contributed by atoms with Crippen molar-refractivity contribution in [2.75, 3.05) is 11.5 Å². The van der Waals surface area contributed by atoms with E-state index in [4.69, 9.17) is 0 Å². The van der Waals surface area contributed by atoms with Gasteiger partial charge in [-0.15, -0.1) is 0 Å². The highest BCUT2D eigenvalue weighted by Gasteiger charge is 2.45. The van der Waals surface area contributed by atoms with E-state index in [1.165, 1.54) is 101 Å². The Morgan fingerprint density at radius 2 is 0.969 bits per heavy atom. The Labute approximate surface area is 206 Å². The lowest BCUT2D eigenvalue weighted by Gasteiger charge is -2.44. The average molecular weight is 481 g/mol. The number of hydrogen-bond donors (Lipinski definition) is 0. The monoisotopic (exact) mass is 480 g/mol. The first kappa shape index (κ1) is 26.6. The minimum absolute atomic E-state index is 0.338. The number of rotatable bonds is 6. The SMILES string of the molecule is CCSC1([C@@H]2CCCCC2=O)CCCCC1.CCSC1([C@H]2CCCCC2=O)CCCCC1. The van der Waals surface area contributed by atoms with Crippen LogP contribution in [0.1, 0.15) is 129 Å². The molecule has 0 amide bonds. The van der Waals surface area contributed by atoms with Gasteiger partial charge >= 0.3 is 0 Å². The third-order valence-electron chi connectivity index (χ3n) is 8.64. The van der Waals surface area contributed by atoms with E-state index in [1.54, 1.807) is 0 Å². The highest BCUT2D eigenvalue weighted by molar-refractivity contribution is 8.00. The Balaban J connectivity index is 0.000000181.